The molecule has 0 bridgehead atoms. The van der Waals surface area contributed by atoms with E-state index in [0.717, 1.165) is 17.0 Å². The second-order valence-electron chi connectivity index (χ2n) is 6.07. The van der Waals surface area contributed by atoms with Crippen molar-refractivity contribution >= 4 is 17.8 Å². The summed E-state index contributed by atoms with van der Waals surface area (Å²) in [5.41, 5.74) is -0.593. The van der Waals surface area contributed by atoms with Gasteiger partial charge in [0.05, 0.1) is 6.04 Å². The van der Waals surface area contributed by atoms with E-state index in [-0.39, 0.29) is 0 Å². The predicted molar refractivity (Wildman–Crippen MR) is 86.5 cm³/mol. The van der Waals surface area contributed by atoms with Crippen LogP contribution in [0.5, 0.6) is 0 Å². The third kappa shape index (κ3) is 3.62. The highest BCUT2D eigenvalue weighted by Crippen LogP contribution is 2.24. The fraction of sp³-hybridized carbons (Fsp3) is 0.471. The maximum absolute atomic E-state index is 13.3. The highest BCUT2D eigenvalue weighted by atomic mass is 19.2. The number of nitrogens with zero attached hydrogens (tertiary/aromatic N) is 1. The molecule has 1 aliphatic heterocycles. The highest BCUT2D eigenvalue weighted by molar-refractivity contribution is 6.09. The normalized spacial score (nSPS) is 17.4. The molecule has 0 aromatic heterocycles. The molecule has 1 aliphatic rings. The van der Waals surface area contributed by atoms with Crippen molar-refractivity contribution in [1.29, 1.82) is 0 Å². The van der Waals surface area contributed by atoms with E-state index >= 15 is 0 Å². The molecule has 1 heterocycles. The van der Waals surface area contributed by atoms with Gasteiger partial charge in [0, 0.05) is 0 Å². The van der Waals surface area contributed by atoms with Crippen molar-refractivity contribution < 1.29 is 23.2 Å². The van der Waals surface area contributed by atoms with E-state index < -0.39 is 47.6 Å². The summed E-state index contributed by atoms with van der Waals surface area (Å²) in [6, 6.07) is 2.11. The summed E-state index contributed by atoms with van der Waals surface area (Å²) >= 11 is 0. The average molecular weight is 353 g/mol. The average Bonchev–Trinajstić information content (AvgIpc) is 2.81. The number of halogens is 2. The number of carbonyl (C=O) groups is 3. The van der Waals surface area contributed by atoms with Gasteiger partial charge in [-0.05, 0) is 37.5 Å². The van der Waals surface area contributed by atoms with Crippen molar-refractivity contribution in [3.8, 4) is 0 Å². The molecule has 2 N–H and O–H groups in total. The van der Waals surface area contributed by atoms with Gasteiger partial charge in [0.2, 0.25) is 5.91 Å². The lowest BCUT2D eigenvalue weighted by molar-refractivity contribution is -0.135. The fourth-order valence-electron chi connectivity index (χ4n) is 2.84. The van der Waals surface area contributed by atoms with Gasteiger partial charge in [-0.25, -0.2) is 13.6 Å². The van der Waals surface area contributed by atoms with E-state index in [4.69, 9.17) is 0 Å². The van der Waals surface area contributed by atoms with Gasteiger partial charge < -0.3 is 10.6 Å². The highest BCUT2D eigenvalue weighted by Gasteiger charge is 2.49. The third-order valence-corrected chi connectivity index (χ3v) is 4.58. The van der Waals surface area contributed by atoms with E-state index in [9.17, 15) is 23.2 Å². The summed E-state index contributed by atoms with van der Waals surface area (Å²) < 4.78 is 26.2. The number of rotatable bonds is 6. The van der Waals surface area contributed by atoms with Crippen LogP contribution in [0.1, 0.15) is 45.2 Å². The topological polar surface area (TPSA) is 78.5 Å². The summed E-state index contributed by atoms with van der Waals surface area (Å²) in [7, 11) is 0. The van der Waals surface area contributed by atoms with Gasteiger partial charge in [-0.15, -0.1) is 0 Å². The molecule has 1 aromatic carbocycles. The fourth-order valence-corrected chi connectivity index (χ4v) is 2.84. The number of hydrogen-bond acceptors (Lipinski definition) is 3. The Bertz CT molecular complexity index is 704. The van der Waals surface area contributed by atoms with Crippen LogP contribution in [0.25, 0.3) is 0 Å². The standard InChI is InChI=1S/C17H21F2N3O3/c1-4-17(5-2)15(24)22(16(25)21-17)9-14(23)20-10(3)11-6-7-12(18)13(19)8-11/h6-8,10H,4-5,9H2,1-3H3,(H,20,23)(H,21,25). The molecule has 1 fully saturated rings. The smallest absolute Gasteiger partial charge is 0.325 e. The summed E-state index contributed by atoms with van der Waals surface area (Å²) in [6.45, 7) is 4.74. The van der Waals surface area contributed by atoms with Crippen molar-refractivity contribution in [2.45, 2.75) is 45.2 Å². The Hall–Kier alpha value is -2.51. The van der Waals surface area contributed by atoms with E-state index in [1.54, 1.807) is 20.8 Å². The molecule has 0 spiro atoms. The minimum absolute atomic E-state index is 0.376. The first-order chi connectivity index (χ1) is 11.7. The number of amides is 4. The Morgan fingerprint density at radius 1 is 1.24 bits per heavy atom. The van der Waals surface area contributed by atoms with Gasteiger partial charge in [0.15, 0.2) is 11.6 Å². The number of carbonyl (C=O) groups excluding carboxylic acids is 3. The lowest BCUT2D eigenvalue weighted by Crippen LogP contribution is -2.46. The number of hydrogen-bond donors (Lipinski definition) is 2. The number of benzene rings is 1. The van der Waals surface area contributed by atoms with Gasteiger partial charge >= 0.3 is 6.03 Å². The zero-order valence-electron chi connectivity index (χ0n) is 14.4. The Kier molecular flexibility index (Phi) is 5.39. The minimum atomic E-state index is -1.01. The monoisotopic (exact) mass is 353 g/mol. The molecule has 136 valence electrons. The predicted octanol–water partition coefficient (Wildman–Crippen LogP) is 2.25. The van der Waals surface area contributed by atoms with Crippen LogP contribution >= 0.6 is 0 Å². The van der Waals surface area contributed by atoms with Crippen LogP contribution in [-0.4, -0.2) is 34.8 Å². The van der Waals surface area contributed by atoms with Crippen LogP contribution in [0.2, 0.25) is 0 Å². The van der Waals surface area contributed by atoms with Crippen LogP contribution < -0.4 is 10.6 Å². The van der Waals surface area contributed by atoms with E-state index in [1.165, 1.54) is 6.07 Å². The minimum Gasteiger partial charge on any atom is -0.348 e. The second-order valence-corrected chi connectivity index (χ2v) is 6.07. The van der Waals surface area contributed by atoms with Gasteiger partial charge in [0.25, 0.3) is 5.91 Å². The first-order valence-corrected chi connectivity index (χ1v) is 8.12. The molecule has 25 heavy (non-hydrogen) atoms. The third-order valence-electron chi connectivity index (χ3n) is 4.58. The lowest BCUT2D eigenvalue weighted by Gasteiger charge is -2.23. The van der Waals surface area contributed by atoms with Crippen LogP contribution in [0, 0.1) is 11.6 Å². The first kappa shape index (κ1) is 18.8. The first-order valence-electron chi connectivity index (χ1n) is 8.12. The molecular formula is C17H21F2N3O3. The number of imide groups is 1. The summed E-state index contributed by atoms with van der Waals surface area (Å²) in [4.78, 5) is 37.5. The van der Waals surface area contributed by atoms with Gasteiger partial charge in [-0.1, -0.05) is 19.9 Å². The van der Waals surface area contributed by atoms with Crippen molar-refractivity contribution in [3.63, 3.8) is 0 Å². The van der Waals surface area contributed by atoms with E-state index in [2.05, 4.69) is 10.6 Å². The largest absolute Gasteiger partial charge is 0.348 e. The summed E-state index contributed by atoms with van der Waals surface area (Å²) in [5, 5.41) is 5.21. The molecule has 1 saturated heterocycles. The maximum atomic E-state index is 13.3. The molecule has 1 atom stereocenters. The Morgan fingerprint density at radius 3 is 2.40 bits per heavy atom. The molecule has 0 aliphatic carbocycles. The molecule has 8 heteroatoms. The van der Waals surface area contributed by atoms with E-state index in [1.807, 2.05) is 0 Å². The van der Waals surface area contributed by atoms with Crippen LogP contribution in [0.3, 0.4) is 0 Å². The Labute approximate surface area is 144 Å². The van der Waals surface area contributed by atoms with Crippen molar-refractivity contribution in [3.05, 3.63) is 35.4 Å². The van der Waals surface area contributed by atoms with Crippen LogP contribution in [0.4, 0.5) is 13.6 Å². The zero-order chi connectivity index (χ0) is 18.8. The number of nitrogens with one attached hydrogen (secondary N) is 2. The Balaban J connectivity index is 2.03. The van der Waals surface area contributed by atoms with E-state index in [0.29, 0.717) is 18.4 Å². The quantitative estimate of drug-likeness (QED) is 0.770. The molecule has 2 rings (SSSR count). The van der Waals surface area contributed by atoms with Gasteiger partial charge in [-0.3, -0.25) is 14.5 Å². The molecule has 4 amide bonds. The van der Waals surface area contributed by atoms with Crippen molar-refractivity contribution in [2.75, 3.05) is 6.54 Å². The molecular weight excluding hydrogens is 332 g/mol. The lowest BCUT2D eigenvalue weighted by atomic mass is 9.93. The Morgan fingerprint density at radius 2 is 1.88 bits per heavy atom. The molecule has 0 saturated carbocycles. The maximum Gasteiger partial charge on any atom is 0.325 e. The van der Waals surface area contributed by atoms with Crippen molar-refractivity contribution in [1.82, 2.24) is 15.5 Å². The number of urea groups is 1. The molecule has 1 unspecified atom stereocenters. The van der Waals surface area contributed by atoms with Crippen LogP contribution in [0.15, 0.2) is 18.2 Å². The van der Waals surface area contributed by atoms with Crippen LogP contribution in [-0.2, 0) is 9.59 Å². The summed E-state index contributed by atoms with van der Waals surface area (Å²) in [5.74, 6) is -2.98. The molecule has 6 nitrogen and oxygen atoms in total. The molecule has 1 aromatic rings. The second kappa shape index (κ2) is 7.16. The zero-order valence-corrected chi connectivity index (χ0v) is 14.4. The summed E-state index contributed by atoms with van der Waals surface area (Å²) in [6.07, 6.45) is 0.856. The van der Waals surface area contributed by atoms with Gasteiger partial charge in [-0.2, -0.15) is 0 Å². The SMILES string of the molecule is CCC1(CC)NC(=O)N(CC(=O)NC(C)c2ccc(F)c(F)c2)C1=O. The molecule has 0 radical (unpaired) electrons. The van der Waals surface area contributed by atoms with Gasteiger partial charge in [0.1, 0.15) is 12.1 Å². The van der Waals surface area contributed by atoms with Crippen molar-refractivity contribution in [2.24, 2.45) is 0 Å².